The van der Waals surface area contributed by atoms with E-state index >= 15 is 0 Å². The summed E-state index contributed by atoms with van der Waals surface area (Å²) < 4.78 is 40.3. The minimum atomic E-state index is -1.29. The number of carbonyl (C=O) groups excluding carboxylic acids is 2. The second kappa shape index (κ2) is 5.87. The molecular formula is C15H16F3NO2. The molecule has 2 unspecified atom stereocenters. The van der Waals surface area contributed by atoms with E-state index < -0.39 is 41.1 Å². The maximum Gasteiger partial charge on any atom is 0.230 e. The van der Waals surface area contributed by atoms with Gasteiger partial charge in [-0.1, -0.05) is 13.8 Å². The lowest BCUT2D eigenvalue weighted by molar-refractivity contribution is -0.137. The molecule has 1 aliphatic heterocycles. The highest BCUT2D eigenvalue weighted by molar-refractivity contribution is 5.99. The fourth-order valence-corrected chi connectivity index (χ4v) is 2.73. The van der Waals surface area contributed by atoms with Crippen molar-refractivity contribution >= 4 is 11.8 Å². The van der Waals surface area contributed by atoms with Gasteiger partial charge < -0.3 is 0 Å². The molecule has 114 valence electrons. The van der Waals surface area contributed by atoms with Gasteiger partial charge in [-0.15, -0.1) is 0 Å². The monoisotopic (exact) mass is 299 g/mol. The molecule has 2 amide bonds. The van der Waals surface area contributed by atoms with Crippen molar-refractivity contribution in [2.75, 3.05) is 0 Å². The molecule has 0 aliphatic carbocycles. The van der Waals surface area contributed by atoms with Crippen LogP contribution in [0.4, 0.5) is 13.2 Å². The summed E-state index contributed by atoms with van der Waals surface area (Å²) in [5.74, 6) is -5.70. The van der Waals surface area contributed by atoms with Crippen molar-refractivity contribution in [2.24, 2.45) is 11.8 Å². The number of rotatable bonds is 3. The van der Waals surface area contributed by atoms with Gasteiger partial charge in [-0.05, 0) is 24.0 Å². The maximum absolute atomic E-state index is 13.9. The van der Waals surface area contributed by atoms with Gasteiger partial charge in [-0.2, -0.15) is 0 Å². The zero-order valence-electron chi connectivity index (χ0n) is 11.8. The third kappa shape index (κ3) is 3.25. The van der Waals surface area contributed by atoms with Crippen molar-refractivity contribution in [3.63, 3.8) is 0 Å². The van der Waals surface area contributed by atoms with E-state index in [9.17, 15) is 22.8 Å². The van der Waals surface area contributed by atoms with Crippen LogP contribution in [0.15, 0.2) is 12.1 Å². The van der Waals surface area contributed by atoms with Crippen LogP contribution in [-0.2, 0) is 9.59 Å². The lowest BCUT2D eigenvalue weighted by atomic mass is 9.76. The van der Waals surface area contributed by atoms with Gasteiger partial charge >= 0.3 is 0 Å². The summed E-state index contributed by atoms with van der Waals surface area (Å²) in [6.45, 7) is 3.78. The van der Waals surface area contributed by atoms with Crippen molar-refractivity contribution in [1.29, 1.82) is 0 Å². The summed E-state index contributed by atoms with van der Waals surface area (Å²) in [4.78, 5) is 23.5. The summed E-state index contributed by atoms with van der Waals surface area (Å²) in [6, 6.07) is 1.20. The normalized spacial score (nSPS) is 22.6. The molecule has 21 heavy (non-hydrogen) atoms. The Bertz CT molecular complexity index is 587. The summed E-state index contributed by atoms with van der Waals surface area (Å²) in [6.07, 6.45) is 0.313. The maximum atomic E-state index is 13.9. The van der Waals surface area contributed by atoms with E-state index in [1.807, 2.05) is 13.8 Å². The van der Waals surface area contributed by atoms with Gasteiger partial charge in [0.05, 0.1) is 0 Å². The van der Waals surface area contributed by atoms with Gasteiger partial charge in [-0.25, -0.2) is 13.2 Å². The molecule has 1 N–H and O–H groups in total. The minimum Gasteiger partial charge on any atom is -0.296 e. The Morgan fingerprint density at radius 3 is 2.38 bits per heavy atom. The minimum absolute atomic E-state index is 0.120. The van der Waals surface area contributed by atoms with Gasteiger partial charge in [0.15, 0.2) is 11.6 Å². The molecule has 1 aromatic rings. The Balaban J connectivity index is 2.43. The van der Waals surface area contributed by atoms with Crippen molar-refractivity contribution in [2.45, 2.75) is 32.6 Å². The first-order valence-electron chi connectivity index (χ1n) is 6.77. The van der Waals surface area contributed by atoms with Gasteiger partial charge in [0.1, 0.15) is 5.82 Å². The van der Waals surface area contributed by atoms with Crippen LogP contribution in [0.25, 0.3) is 0 Å². The summed E-state index contributed by atoms with van der Waals surface area (Å²) in [5, 5.41) is 2.21. The Hall–Kier alpha value is -1.85. The third-order valence-electron chi connectivity index (χ3n) is 3.65. The highest BCUT2D eigenvalue weighted by atomic mass is 19.2. The molecule has 0 spiro atoms. The first-order valence-corrected chi connectivity index (χ1v) is 6.77. The second-order valence-corrected chi connectivity index (χ2v) is 5.75. The van der Waals surface area contributed by atoms with Crippen LogP contribution in [-0.4, -0.2) is 11.8 Å². The van der Waals surface area contributed by atoms with Crippen molar-refractivity contribution < 1.29 is 22.8 Å². The topological polar surface area (TPSA) is 46.2 Å². The summed E-state index contributed by atoms with van der Waals surface area (Å²) in [7, 11) is 0. The first-order chi connectivity index (χ1) is 9.79. The molecule has 1 heterocycles. The molecule has 1 fully saturated rings. The molecular weight excluding hydrogens is 283 g/mol. The van der Waals surface area contributed by atoms with Crippen molar-refractivity contribution in [3.8, 4) is 0 Å². The number of halogens is 3. The van der Waals surface area contributed by atoms with Crippen LogP contribution in [0.3, 0.4) is 0 Å². The molecule has 6 heteroatoms. The van der Waals surface area contributed by atoms with Gasteiger partial charge in [0.2, 0.25) is 11.8 Å². The highest BCUT2D eigenvalue weighted by Gasteiger charge is 2.38. The number of imide groups is 1. The Morgan fingerprint density at radius 1 is 1.14 bits per heavy atom. The zero-order chi connectivity index (χ0) is 15.7. The fraction of sp³-hybridized carbons (Fsp3) is 0.467. The molecule has 0 aromatic heterocycles. The van der Waals surface area contributed by atoms with E-state index in [0.29, 0.717) is 12.5 Å². The summed E-state index contributed by atoms with van der Waals surface area (Å²) >= 11 is 0. The lowest BCUT2D eigenvalue weighted by Gasteiger charge is -2.31. The third-order valence-corrected chi connectivity index (χ3v) is 3.65. The van der Waals surface area contributed by atoms with E-state index in [-0.39, 0.29) is 17.9 Å². The van der Waals surface area contributed by atoms with Gasteiger partial charge in [-0.3, -0.25) is 14.9 Å². The predicted octanol–water partition coefficient (Wildman–Crippen LogP) is 2.90. The number of nitrogens with one attached hydrogen (secondary N) is 1. The lowest BCUT2D eigenvalue weighted by Crippen LogP contribution is -2.45. The summed E-state index contributed by atoms with van der Waals surface area (Å²) in [5.41, 5.74) is -0.122. The second-order valence-electron chi connectivity index (χ2n) is 5.75. The quantitative estimate of drug-likeness (QED) is 0.689. The van der Waals surface area contributed by atoms with Gasteiger partial charge in [0.25, 0.3) is 0 Å². The SMILES string of the molecule is CC(C)CC1C(=O)NC(=O)CC1c1cc(F)c(F)cc1F. The molecule has 2 atom stereocenters. The molecule has 0 saturated carbocycles. The first kappa shape index (κ1) is 15.5. The smallest absolute Gasteiger partial charge is 0.230 e. The number of carbonyl (C=O) groups is 2. The Labute approximate surface area is 120 Å². The van der Waals surface area contributed by atoms with Gasteiger partial charge in [0, 0.05) is 24.3 Å². The average Bonchev–Trinajstić information content (AvgIpc) is 2.36. The van der Waals surface area contributed by atoms with E-state index in [1.54, 1.807) is 0 Å². The molecule has 0 bridgehead atoms. The van der Waals surface area contributed by atoms with Crippen LogP contribution in [0.5, 0.6) is 0 Å². The van der Waals surface area contributed by atoms with Crippen molar-refractivity contribution in [3.05, 3.63) is 35.1 Å². The van der Waals surface area contributed by atoms with Crippen LogP contribution in [0.1, 0.15) is 38.2 Å². The molecule has 1 aromatic carbocycles. The van der Waals surface area contributed by atoms with Crippen molar-refractivity contribution in [1.82, 2.24) is 5.32 Å². The molecule has 1 aliphatic rings. The Morgan fingerprint density at radius 2 is 1.76 bits per heavy atom. The van der Waals surface area contributed by atoms with E-state index in [4.69, 9.17) is 0 Å². The zero-order valence-corrected chi connectivity index (χ0v) is 11.8. The Kier molecular flexibility index (Phi) is 4.34. The largest absolute Gasteiger partial charge is 0.296 e. The van der Waals surface area contributed by atoms with Crippen LogP contribution >= 0.6 is 0 Å². The number of hydrogen-bond donors (Lipinski definition) is 1. The standard InChI is InChI=1S/C15H16F3NO2/c1-7(2)3-10-8(5-14(20)19-15(10)21)9-4-12(17)13(18)6-11(9)16/h4,6-8,10H,3,5H2,1-2H3,(H,19,20,21). The van der Waals surface area contributed by atoms with E-state index in [2.05, 4.69) is 5.32 Å². The molecule has 2 rings (SSSR count). The average molecular weight is 299 g/mol. The number of piperidine rings is 1. The number of hydrogen-bond acceptors (Lipinski definition) is 2. The number of benzene rings is 1. The molecule has 3 nitrogen and oxygen atoms in total. The highest BCUT2D eigenvalue weighted by Crippen LogP contribution is 2.37. The fourth-order valence-electron chi connectivity index (χ4n) is 2.73. The number of amides is 2. The van der Waals surface area contributed by atoms with Crippen LogP contribution < -0.4 is 5.32 Å². The van der Waals surface area contributed by atoms with Crippen LogP contribution in [0, 0.1) is 29.3 Å². The van der Waals surface area contributed by atoms with E-state index in [1.165, 1.54) is 0 Å². The van der Waals surface area contributed by atoms with E-state index in [0.717, 1.165) is 6.07 Å². The molecule has 1 saturated heterocycles. The van der Waals surface area contributed by atoms with Crippen LogP contribution in [0.2, 0.25) is 0 Å². The predicted molar refractivity (Wildman–Crippen MR) is 69.8 cm³/mol. The molecule has 0 radical (unpaired) electrons.